The highest BCUT2D eigenvalue weighted by Crippen LogP contribution is 2.06. The van der Waals surface area contributed by atoms with Gasteiger partial charge in [0.05, 0.1) is 19.1 Å². The Hall–Kier alpha value is -1.63. The number of hydrogen-bond acceptors (Lipinski definition) is 4. The van der Waals surface area contributed by atoms with Crippen LogP contribution in [0.1, 0.15) is 26.7 Å². The molecule has 0 aromatic heterocycles. The van der Waals surface area contributed by atoms with E-state index in [1.165, 1.54) is 0 Å². The second kappa shape index (κ2) is 7.84. The van der Waals surface area contributed by atoms with Crippen molar-refractivity contribution in [2.75, 3.05) is 26.2 Å². The molecule has 7 heteroatoms. The summed E-state index contributed by atoms with van der Waals surface area (Å²) in [6.45, 7) is 5.00. The summed E-state index contributed by atoms with van der Waals surface area (Å²) >= 11 is 0. The van der Waals surface area contributed by atoms with Crippen molar-refractivity contribution in [1.29, 1.82) is 0 Å². The first-order valence-corrected chi connectivity index (χ1v) is 6.99. The fourth-order valence-electron chi connectivity index (χ4n) is 1.90. The molecule has 1 aliphatic rings. The molecular formula is C13H24N4O3. The summed E-state index contributed by atoms with van der Waals surface area (Å²) in [5.74, 6) is -0.821. The minimum atomic E-state index is -0.631. The van der Waals surface area contributed by atoms with E-state index in [2.05, 4.69) is 10.6 Å². The third-order valence-corrected chi connectivity index (χ3v) is 3.34. The molecule has 1 rings (SSSR count). The fraction of sp³-hybridized carbons (Fsp3) is 0.769. The lowest BCUT2D eigenvalue weighted by Gasteiger charge is -2.16. The summed E-state index contributed by atoms with van der Waals surface area (Å²) in [6.07, 6.45) is 2.03. The first-order chi connectivity index (χ1) is 9.41. The Labute approximate surface area is 119 Å². The number of nitrogens with one attached hydrogen (secondary N) is 2. The zero-order chi connectivity index (χ0) is 15.1. The summed E-state index contributed by atoms with van der Waals surface area (Å²) in [5.41, 5.74) is 5.65. The largest absolute Gasteiger partial charge is 0.346 e. The van der Waals surface area contributed by atoms with Crippen molar-refractivity contribution in [2.24, 2.45) is 11.7 Å². The SMILES string of the molecule is CC(C)[C@H](N)C(=O)NCC(=O)NCC(=O)N1CCCC1. The summed E-state index contributed by atoms with van der Waals surface area (Å²) in [5, 5.41) is 4.95. The van der Waals surface area contributed by atoms with Gasteiger partial charge >= 0.3 is 0 Å². The molecule has 1 atom stereocenters. The summed E-state index contributed by atoms with van der Waals surface area (Å²) in [6, 6.07) is -0.631. The van der Waals surface area contributed by atoms with Gasteiger partial charge in [-0.15, -0.1) is 0 Å². The standard InChI is InChI=1S/C13H24N4O3/c1-9(2)12(14)13(20)16-7-10(18)15-8-11(19)17-5-3-4-6-17/h9,12H,3-8,14H2,1-2H3,(H,15,18)(H,16,20)/t12-/m0/s1. The van der Waals surface area contributed by atoms with Crippen LogP contribution in [0, 0.1) is 5.92 Å². The minimum absolute atomic E-state index is 0.00908. The van der Waals surface area contributed by atoms with Crippen LogP contribution in [0.3, 0.4) is 0 Å². The molecular weight excluding hydrogens is 260 g/mol. The van der Waals surface area contributed by atoms with Crippen molar-refractivity contribution in [3.05, 3.63) is 0 Å². The summed E-state index contributed by atoms with van der Waals surface area (Å²) in [7, 11) is 0. The number of nitrogens with zero attached hydrogens (tertiary/aromatic N) is 1. The van der Waals surface area contributed by atoms with Gasteiger partial charge in [-0.25, -0.2) is 0 Å². The molecule has 3 amide bonds. The van der Waals surface area contributed by atoms with Gasteiger partial charge in [-0.2, -0.15) is 0 Å². The van der Waals surface area contributed by atoms with Gasteiger partial charge in [-0.1, -0.05) is 13.8 Å². The number of likely N-dealkylation sites (tertiary alicyclic amines) is 1. The van der Waals surface area contributed by atoms with Gasteiger partial charge in [0, 0.05) is 13.1 Å². The second-order valence-electron chi connectivity index (χ2n) is 5.35. The van der Waals surface area contributed by atoms with E-state index in [1.54, 1.807) is 4.90 Å². The fourth-order valence-corrected chi connectivity index (χ4v) is 1.90. The van der Waals surface area contributed by atoms with Gasteiger partial charge in [0.2, 0.25) is 17.7 Å². The van der Waals surface area contributed by atoms with Crippen LogP contribution in [0.5, 0.6) is 0 Å². The number of hydrogen-bond donors (Lipinski definition) is 3. The highest BCUT2D eigenvalue weighted by atomic mass is 16.2. The molecule has 0 saturated carbocycles. The van der Waals surface area contributed by atoms with Crippen LogP contribution >= 0.6 is 0 Å². The van der Waals surface area contributed by atoms with E-state index < -0.39 is 6.04 Å². The average molecular weight is 284 g/mol. The van der Waals surface area contributed by atoms with E-state index in [4.69, 9.17) is 5.73 Å². The molecule has 4 N–H and O–H groups in total. The molecule has 1 heterocycles. The summed E-state index contributed by atoms with van der Waals surface area (Å²) < 4.78 is 0. The van der Waals surface area contributed by atoms with E-state index in [-0.39, 0.29) is 36.7 Å². The minimum Gasteiger partial charge on any atom is -0.346 e. The van der Waals surface area contributed by atoms with Crippen molar-refractivity contribution < 1.29 is 14.4 Å². The van der Waals surface area contributed by atoms with E-state index in [1.807, 2.05) is 13.8 Å². The van der Waals surface area contributed by atoms with Crippen LogP contribution < -0.4 is 16.4 Å². The topological polar surface area (TPSA) is 105 Å². The average Bonchev–Trinajstić information content (AvgIpc) is 2.95. The first-order valence-electron chi connectivity index (χ1n) is 6.99. The van der Waals surface area contributed by atoms with Crippen LogP contribution in [0.15, 0.2) is 0 Å². The van der Waals surface area contributed by atoms with Crippen LogP contribution in [0.2, 0.25) is 0 Å². The normalized spacial score (nSPS) is 16.1. The van der Waals surface area contributed by atoms with E-state index in [9.17, 15) is 14.4 Å². The maximum absolute atomic E-state index is 11.7. The molecule has 0 aromatic rings. The predicted molar refractivity (Wildman–Crippen MR) is 74.6 cm³/mol. The van der Waals surface area contributed by atoms with Gasteiger partial charge in [0.15, 0.2) is 0 Å². The quantitative estimate of drug-likeness (QED) is 0.571. The zero-order valence-corrected chi connectivity index (χ0v) is 12.1. The van der Waals surface area contributed by atoms with Gasteiger partial charge < -0.3 is 21.3 Å². The molecule has 20 heavy (non-hydrogen) atoms. The van der Waals surface area contributed by atoms with Gasteiger partial charge in [-0.05, 0) is 18.8 Å². The Kier molecular flexibility index (Phi) is 6.44. The Morgan fingerprint density at radius 3 is 2.25 bits per heavy atom. The Morgan fingerprint density at radius 2 is 1.70 bits per heavy atom. The number of carbonyl (C=O) groups is 3. The lowest BCUT2D eigenvalue weighted by atomic mass is 10.1. The monoisotopic (exact) mass is 284 g/mol. The molecule has 114 valence electrons. The Morgan fingerprint density at radius 1 is 1.10 bits per heavy atom. The van der Waals surface area contributed by atoms with Crippen molar-refractivity contribution in [3.8, 4) is 0 Å². The maximum Gasteiger partial charge on any atom is 0.241 e. The van der Waals surface area contributed by atoms with Crippen molar-refractivity contribution >= 4 is 17.7 Å². The van der Waals surface area contributed by atoms with Crippen LogP contribution in [0.25, 0.3) is 0 Å². The number of amides is 3. The van der Waals surface area contributed by atoms with Crippen molar-refractivity contribution in [1.82, 2.24) is 15.5 Å². The molecule has 0 aliphatic carbocycles. The maximum atomic E-state index is 11.7. The van der Waals surface area contributed by atoms with Crippen molar-refractivity contribution in [3.63, 3.8) is 0 Å². The van der Waals surface area contributed by atoms with Crippen LogP contribution in [-0.4, -0.2) is 54.8 Å². The summed E-state index contributed by atoms with van der Waals surface area (Å²) in [4.78, 5) is 36.5. The highest BCUT2D eigenvalue weighted by molar-refractivity contribution is 5.89. The molecule has 7 nitrogen and oxygen atoms in total. The van der Waals surface area contributed by atoms with E-state index in [0.717, 1.165) is 25.9 Å². The molecule has 0 unspecified atom stereocenters. The van der Waals surface area contributed by atoms with E-state index >= 15 is 0 Å². The molecule has 0 aromatic carbocycles. The molecule has 1 saturated heterocycles. The number of nitrogens with two attached hydrogens (primary N) is 1. The Bertz CT molecular complexity index is 345. The smallest absolute Gasteiger partial charge is 0.241 e. The predicted octanol–water partition coefficient (Wildman–Crippen LogP) is -1.18. The molecule has 1 fully saturated rings. The molecule has 0 spiro atoms. The van der Waals surface area contributed by atoms with Crippen LogP contribution in [-0.2, 0) is 14.4 Å². The lowest BCUT2D eigenvalue weighted by molar-refractivity contribution is -0.132. The second-order valence-corrected chi connectivity index (χ2v) is 5.35. The number of carbonyl (C=O) groups excluding carboxylic acids is 3. The zero-order valence-electron chi connectivity index (χ0n) is 12.1. The highest BCUT2D eigenvalue weighted by Gasteiger charge is 2.19. The molecule has 0 radical (unpaired) electrons. The molecule has 1 aliphatic heterocycles. The van der Waals surface area contributed by atoms with Gasteiger partial charge in [0.25, 0.3) is 0 Å². The van der Waals surface area contributed by atoms with E-state index in [0.29, 0.717) is 0 Å². The lowest BCUT2D eigenvalue weighted by Crippen LogP contribution is -2.48. The van der Waals surface area contributed by atoms with Gasteiger partial charge in [-0.3, -0.25) is 14.4 Å². The number of rotatable bonds is 6. The van der Waals surface area contributed by atoms with Crippen molar-refractivity contribution in [2.45, 2.75) is 32.7 Å². The Balaban J connectivity index is 2.20. The van der Waals surface area contributed by atoms with Gasteiger partial charge in [0.1, 0.15) is 0 Å². The third-order valence-electron chi connectivity index (χ3n) is 3.34. The molecule has 0 bridgehead atoms. The first kappa shape index (κ1) is 16.4. The van der Waals surface area contributed by atoms with Crippen LogP contribution in [0.4, 0.5) is 0 Å². The third kappa shape index (κ3) is 5.16.